The maximum absolute atomic E-state index is 12.8. The smallest absolute Gasteiger partial charge is 0.251 e. The Morgan fingerprint density at radius 3 is 2.36 bits per heavy atom. The minimum atomic E-state index is -0.510. The minimum Gasteiger partial charge on any atom is -0.389 e. The Labute approximate surface area is 168 Å². The van der Waals surface area contributed by atoms with Crippen molar-refractivity contribution in [2.75, 3.05) is 20.6 Å². The number of benzene rings is 2. The van der Waals surface area contributed by atoms with Gasteiger partial charge in [-0.3, -0.25) is 4.79 Å². The second kappa shape index (κ2) is 8.89. The second-order valence-corrected chi connectivity index (χ2v) is 8.24. The highest BCUT2D eigenvalue weighted by Gasteiger charge is 2.34. The molecule has 0 radical (unpaired) electrons. The van der Waals surface area contributed by atoms with Gasteiger partial charge in [-0.05, 0) is 68.8 Å². The third kappa shape index (κ3) is 4.62. The Hall–Kier alpha value is -2.17. The minimum absolute atomic E-state index is 0.0275. The van der Waals surface area contributed by atoms with Gasteiger partial charge < -0.3 is 15.3 Å². The molecule has 1 atom stereocenters. The number of nitrogens with zero attached hydrogens (tertiary/aromatic N) is 1. The van der Waals surface area contributed by atoms with Gasteiger partial charge in [0.25, 0.3) is 5.91 Å². The summed E-state index contributed by atoms with van der Waals surface area (Å²) in [6.07, 6.45) is 5.49. The summed E-state index contributed by atoms with van der Waals surface area (Å²) in [4.78, 5) is 15.1. The molecule has 0 bridgehead atoms. The summed E-state index contributed by atoms with van der Waals surface area (Å²) < 4.78 is 0. The van der Waals surface area contributed by atoms with Crippen LogP contribution < -0.4 is 5.32 Å². The fourth-order valence-corrected chi connectivity index (χ4v) is 4.16. The molecule has 0 heterocycles. The van der Waals surface area contributed by atoms with E-state index in [1.54, 1.807) is 6.92 Å². The van der Waals surface area contributed by atoms with Crippen LogP contribution in [0.3, 0.4) is 0 Å². The van der Waals surface area contributed by atoms with Gasteiger partial charge in [-0.15, -0.1) is 0 Å². The molecule has 1 aliphatic carbocycles. The number of hydrogen-bond acceptors (Lipinski definition) is 3. The number of carbonyl (C=O) groups excluding carboxylic acids is 1. The molecule has 4 heteroatoms. The van der Waals surface area contributed by atoms with Gasteiger partial charge in [-0.25, -0.2) is 0 Å². The third-order valence-corrected chi connectivity index (χ3v) is 6.14. The zero-order valence-electron chi connectivity index (χ0n) is 17.2. The maximum Gasteiger partial charge on any atom is 0.251 e. The summed E-state index contributed by atoms with van der Waals surface area (Å²) in [5.41, 5.74) is 3.60. The molecule has 0 aliphatic heterocycles. The highest BCUT2D eigenvalue weighted by atomic mass is 16.3. The molecule has 1 fully saturated rings. The fraction of sp³-hybridized carbons (Fsp3) is 0.458. The van der Waals surface area contributed by atoms with E-state index in [9.17, 15) is 9.90 Å². The Morgan fingerprint density at radius 1 is 1.07 bits per heavy atom. The van der Waals surface area contributed by atoms with Crippen LogP contribution in [0.25, 0.3) is 11.1 Å². The first kappa shape index (κ1) is 20.6. The Kier molecular flexibility index (Phi) is 6.53. The molecular formula is C24H32N2O2. The monoisotopic (exact) mass is 380 g/mol. The molecule has 1 aliphatic rings. The molecule has 2 aromatic carbocycles. The molecule has 28 heavy (non-hydrogen) atoms. The highest BCUT2D eigenvalue weighted by Crippen LogP contribution is 2.31. The van der Waals surface area contributed by atoms with Crippen LogP contribution in [0, 0.1) is 0 Å². The molecule has 3 rings (SSSR count). The van der Waals surface area contributed by atoms with E-state index in [0.717, 1.165) is 29.5 Å². The quantitative estimate of drug-likeness (QED) is 0.781. The molecule has 150 valence electrons. The van der Waals surface area contributed by atoms with Gasteiger partial charge in [0.2, 0.25) is 0 Å². The lowest BCUT2D eigenvalue weighted by atomic mass is 9.80. The summed E-state index contributed by atoms with van der Waals surface area (Å²) in [6, 6.07) is 15.5. The fourth-order valence-electron chi connectivity index (χ4n) is 4.16. The van der Waals surface area contributed by atoms with Crippen molar-refractivity contribution >= 4 is 5.91 Å². The summed E-state index contributed by atoms with van der Waals surface area (Å²) in [5, 5.41) is 13.0. The van der Waals surface area contributed by atoms with E-state index in [1.165, 1.54) is 19.3 Å². The molecule has 1 amide bonds. The molecule has 1 saturated carbocycles. The third-order valence-electron chi connectivity index (χ3n) is 6.14. The second-order valence-electron chi connectivity index (χ2n) is 8.24. The molecular weight excluding hydrogens is 348 g/mol. The first-order chi connectivity index (χ1) is 13.4. The zero-order valence-corrected chi connectivity index (χ0v) is 17.2. The first-order valence-corrected chi connectivity index (χ1v) is 10.3. The van der Waals surface area contributed by atoms with Crippen molar-refractivity contribution in [1.82, 2.24) is 10.2 Å². The average Bonchev–Trinajstić information content (AvgIpc) is 2.72. The van der Waals surface area contributed by atoms with Gasteiger partial charge in [-0.1, -0.05) is 49.6 Å². The molecule has 0 spiro atoms. The molecule has 2 N–H and O–H groups in total. The number of nitrogens with one attached hydrogen (secondary N) is 1. The summed E-state index contributed by atoms with van der Waals surface area (Å²) >= 11 is 0. The van der Waals surface area contributed by atoms with Crippen molar-refractivity contribution in [2.24, 2.45) is 0 Å². The number of rotatable bonds is 6. The Morgan fingerprint density at radius 2 is 1.71 bits per heavy atom. The first-order valence-electron chi connectivity index (χ1n) is 10.3. The number of amides is 1. The van der Waals surface area contributed by atoms with Crippen molar-refractivity contribution in [2.45, 2.75) is 50.7 Å². The van der Waals surface area contributed by atoms with E-state index in [-0.39, 0.29) is 11.4 Å². The van der Waals surface area contributed by atoms with Gasteiger partial charge in [0.1, 0.15) is 0 Å². The van der Waals surface area contributed by atoms with E-state index < -0.39 is 6.10 Å². The van der Waals surface area contributed by atoms with E-state index in [1.807, 2.05) is 48.5 Å². The van der Waals surface area contributed by atoms with E-state index >= 15 is 0 Å². The van der Waals surface area contributed by atoms with E-state index in [0.29, 0.717) is 12.1 Å². The SMILES string of the molecule is CC(O)c1cccc(-c2cccc(C(=O)NCC3(N(C)C)CCCCC3)c2)c1. The predicted molar refractivity (Wildman–Crippen MR) is 114 cm³/mol. The van der Waals surface area contributed by atoms with Crippen molar-refractivity contribution in [1.29, 1.82) is 0 Å². The van der Waals surface area contributed by atoms with Gasteiger partial charge in [0.15, 0.2) is 0 Å². The molecule has 1 unspecified atom stereocenters. The van der Waals surface area contributed by atoms with Crippen LogP contribution in [0.15, 0.2) is 48.5 Å². The van der Waals surface area contributed by atoms with E-state index in [4.69, 9.17) is 0 Å². The van der Waals surface area contributed by atoms with Crippen LogP contribution in [0.2, 0.25) is 0 Å². The number of likely N-dealkylation sites (N-methyl/N-ethyl adjacent to an activating group) is 1. The maximum atomic E-state index is 12.8. The highest BCUT2D eigenvalue weighted by molar-refractivity contribution is 5.95. The van der Waals surface area contributed by atoms with Crippen molar-refractivity contribution < 1.29 is 9.90 Å². The van der Waals surface area contributed by atoms with Crippen LogP contribution in [0.1, 0.15) is 61.1 Å². The summed E-state index contributed by atoms with van der Waals surface area (Å²) in [5.74, 6) is -0.0275. The standard InChI is InChI=1S/C24H32N2O2/c1-18(27)19-9-7-10-20(15-19)21-11-8-12-22(16-21)23(28)25-17-24(26(2)3)13-5-4-6-14-24/h7-12,15-16,18,27H,4-6,13-14,17H2,1-3H3,(H,25,28). The number of carbonyl (C=O) groups is 1. The molecule has 2 aromatic rings. The van der Waals surface area contributed by atoms with Crippen molar-refractivity contribution in [3.63, 3.8) is 0 Å². The lowest BCUT2D eigenvalue weighted by Gasteiger charge is -2.43. The molecule has 0 aromatic heterocycles. The number of aliphatic hydroxyl groups is 1. The van der Waals surface area contributed by atoms with Crippen molar-refractivity contribution in [3.8, 4) is 11.1 Å². The Balaban J connectivity index is 1.74. The van der Waals surface area contributed by atoms with E-state index in [2.05, 4.69) is 24.3 Å². The topological polar surface area (TPSA) is 52.6 Å². The molecule has 0 saturated heterocycles. The number of aliphatic hydroxyl groups excluding tert-OH is 1. The van der Waals surface area contributed by atoms with Crippen LogP contribution >= 0.6 is 0 Å². The van der Waals surface area contributed by atoms with Crippen molar-refractivity contribution in [3.05, 3.63) is 59.7 Å². The van der Waals surface area contributed by atoms with Crippen LogP contribution in [-0.2, 0) is 0 Å². The largest absolute Gasteiger partial charge is 0.389 e. The van der Waals surface area contributed by atoms with Gasteiger partial charge in [0, 0.05) is 17.6 Å². The van der Waals surface area contributed by atoms with Crippen LogP contribution in [0.5, 0.6) is 0 Å². The number of hydrogen-bond donors (Lipinski definition) is 2. The lowest BCUT2D eigenvalue weighted by Crippen LogP contribution is -2.53. The zero-order chi connectivity index (χ0) is 20.1. The summed E-state index contributed by atoms with van der Waals surface area (Å²) in [7, 11) is 4.24. The average molecular weight is 381 g/mol. The molecule has 4 nitrogen and oxygen atoms in total. The van der Waals surface area contributed by atoms with Gasteiger partial charge >= 0.3 is 0 Å². The van der Waals surface area contributed by atoms with Gasteiger partial charge in [0.05, 0.1) is 6.10 Å². The van der Waals surface area contributed by atoms with Gasteiger partial charge in [-0.2, -0.15) is 0 Å². The Bertz CT molecular complexity index is 808. The summed E-state index contributed by atoms with van der Waals surface area (Å²) in [6.45, 7) is 2.44. The predicted octanol–water partition coefficient (Wildman–Crippen LogP) is 4.40. The normalized spacial score (nSPS) is 17.3. The van der Waals surface area contributed by atoms with Crippen LogP contribution in [0.4, 0.5) is 0 Å². The lowest BCUT2D eigenvalue weighted by molar-refractivity contribution is 0.0799. The van der Waals surface area contributed by atoms with Crippen LogP contribution in [-0.4, -0.2) is 42.1 Å².